The Morgan fingerprint density at radius 2 is 2.05 bits per heavy atom. The molecule has 0 aliphatic carbocycles. The minimum Gasteiger partial charge on any atom is -0.480 e. The van der Waals surface area contributed by atoms with Gasteiger partial charge in [-0.15, -0.1) is 0 Å². The van der Waals surface area contributed by atoms with Gasteiger partial charge in [-0.2, -0.15) is 0 Å². The minimum absolute atomic E-state index is 0.0447. The summed E-state index contributed by atoms with van der Waals surface area (Å²) in [6.45, 7) is 5.93. The predicted octanol–water partition coefficient (Wildman–Crippen LogP) is 1.04. The fourth-order valence-electron chi connectivity index (χ4n) is 2.09. The largest absolute Gasteiger partial charge is 0.480 e. The Balaban J connectivity index is 2.01. The van der Waals surface area contributed by atoms with Gasteiger partial charge in [0.25, 0.3) is 0 Å². The van der Waals surface area contributed by atoms with Crippen LogP contribution in [-0.4, -0.2) is 45.4 Å². The first-order chi connectivity index (χ1) is 9.31. The summed E-state index contributed by atoms with van der Waals surface area (Å²) in [4.78, 5) is 13.6. The first-order valence-corrected chi connectivity index (χ1v) is 6.64. The van der Waals surface area contributed by atoms with Crippen LogP contribution in [0.1, 0.15) is 6.92 Å². The molecule has 0 radical (unpaired) electrons. The summed E-state index contributed by atoms with van der Waals surface area (Å²) in [7, 11) is 0. The lowest BCUT2D eigenvalue weighted by Crippen LogP contribution is -2.43. The van der Waals surface area contributed by atoms with Crippen molar-refractivity contribution in [2.75, 3.05) is 44.3 Å². The van der Waals surface area contributed by atoms with E-state index in [4.69, 9.17) is 9.47 Å². The molecule has 5 heteroatoms. The number of benzene rings is 1. The summed E-state index contributed by atoms with van der Waals surface area (Å²) in [6, 6.07) is 7.79. The second kappa shape index (κ2) is 6.99. The molecule has 5 nitrogen and oxygen atoms in total. The number of rotatable bonds is 5. The van der Waals surface area contributed by atoms with Crippen LogP contribution in [0.4, 0.5) is 5.69 Å². The Bertz CT molecular complexity index is 417. The van der Waals surface area contributed by atoms with E-state index in [-0.39, 0.29) is 12.6 Å². The van der Waals surface area contributed by atoms with Gasteiger partial charge in [0, 0.05) is 26.2 Å². The number of esters is 1. The topological polar surface area (TPSA) is 50.8 Å². The summed E-state index contributed by atoms with van der Waals surface area (Å²) in [5.74, 6) is 0.398. The number of piperazine rings is 1. The van der Waals surface area contributed by atoms with Crippen molar-refractivity contribution in [2.45, 2.75) is 6.92 Å². The quantitative estimate of drug-likeness (QED) is 0.805. The molecule has 1 saturated heterocycles. The fraction of sp³-hybridized carbons (Fsp3) is 0.500. The number of para-hydroxylation sites is 2. The monoisotopic (exact) mass is 264 g/mol. The highest BCUT2D eigenvalue weighted by Crippen LogP contribution is 2.28. The SMILES string of the molecule is CCOC(=O)COc1ccccc1N1CCNCC1. The van der Waals surface area contributed by atoms with Gasteiger partial charge in [0.05, 0.1) is 12.3 Å². The molecular weight excluding hydrogens is 244 g/mol. The van der Waals surface area contributed by atoms with E-state index in [0.29, 0.717) is 6.61 Å². The van der Waals surface area contributed by atoms with Crippen molar-refractivity contribution < 1.29 is 14.3 Å². The maximum Gasteiger partial charge on any atom is 0.344 e. The van der Waals surface area contributed by atoms with Gasteiger partial charge in [-0.1, -0.05) is 12.1 Å². The van der Waals surface area contributed by atoms with Crippen molar-refractivity contribution in [1.29, 1.82) is 0 Å². The average Bonchev–Trinajstić information content (AvgIpc) is 2.47. The van der Waals surface area contributed by atoms with E-state index in [0.717, 1.165) is 37.6 Å². The zero-order chi connectivity index (χ0) is 13.5. The van der Waals surface area contributed by atoms with Gasteiger partial charge < -0.3 is 19.7 Å². The molecule has 1 heterocycles. The second-order valence-electron chi connectivity index (χ2n) is 4.30. The van der Waals surface area contributed by atoms with E-state index >= 15 is 0 Å². The van der Waals surface area contributed by atoms with Crippen LogP contribution >= 0.6 is 0 Å². The lowest BCUT2D eigenvalue weighted by molar-refractivity contribution is -0.145. The molecule has 0 amide bonds. The van der Waals surface area contributed by atoms with Gasteiger partial charge in [-0.05, 0) is 19.1 Å². The lowest BCUT2D eigenvalue weighted by atomic mass is 10.2. The van der Waals surface area contributed by atoms with E-state index in [2.05, 4.69) is 10.2 Å². The molecular formula is C14H20N2O3. The average molecular weight is 264 g/mol. The predicted molar refractivity (Wildman–Crippen MR) is 73.7 cm³/mol. The Labute approximate surface area is 113 Å². The van der Waals surface area contributed by atoms with Crippen molar-refractivity contribution in [3.8, 4) is 5.75 Å². The summed E-state index contributed by atoms with van der Waals surface area (Å²) in [6.07, 6.45) is 0. The molecule has 1 aliphatic rings. The van der Waals surface area contributed by atoms with E-state index in [1.807, 2.05) is 24.3 Å². The Morgan fingerprint density at radius 1 is 1.32 bits per heavy atom. The second-order valence-corrected chi connectivity index (χ2v) is 4.30. The van der Waals surface area contributed by atoms with Crippen LogP contribution in [0.25, 0.3) is 0 Å². The van der Waals surface area contributed by atoms with Crippen molar-refractivity contribution in [2.24, 2.45) is 0 Å². The molecule has 0 aromatic heterocycles. The third kappa shape index (κ3) is 3.86. The maximum atomic E-state index is 11.3. The van der Waals surface area contributed by atoms with Gasteiger partial charge in [-0.25, -0.2) is 4.79 Å². The summed E-state index contributed by atoms with van der Waals surface area (Å²) >= 11 is 0. The molecule has 0 bridgehead atoms. The van der Waals surface area contributed by atoms with E-state index in [1.165, 1.54) is 0 Å². The van der Waals surface area contributed by atoms with Gasteiger partial charge in [0.1, 0.15) is 5.75 Å². The van der Waals surface area contributed by atoms with Gasteiger partial charge in [-0.3, -0.25) is 0 Å². The normalized spacial score (nSPS) is 15.1. The van der Waals surface area contributed by atoms with Crippen molar-refractivity contribution in [1.82, 2.24) is 5.32 Å². The van der Waals surface area contributed by atoms with E-state index < -0.39 is 0 Å². The number of nitrogens with one attached hydrogen (secondary N) is 1. The van der Waals surface area contributed by atoms with Crippen molar-refractivity contribution >= 4 is 11.7 Å². The van der Waals surface area contributed by atoms with Crippen LogP contribution in [0.3, 0.4) is 0 Å². The number of carbonyl (C=O) groups excluding carboxylic acids is 1. The van der Waals surface area contributed by atoms with E-state index in [9.17, 15) is 4.79 Å². The molecule has 0 unspecified atom stereocenters. The minimum atomic E-state index is -0.336. The first kappa shape index (κ1) is 13.7. The van der Waals surface area contributed by atoms with Crippen molar-refractivity contribution in [3.63, 3.8) is 0 Å². The molecule has 1 aromatic carbocycles. The van der Waals surface area contributed by atoms with Crippen LogP contribution in [0.2, 0.25) is 0 Å². The third-order valence-corrected chi connectivity index (χ3v) is 2.97. The van der Waals surface area contributed by atoms with Crippen LogP contribution in [-0.2, 0) is 9.53 Å². The number of anilines is 1. The third-order valence-electron chi connectivity index (χ3n) is 2.97. The molecule has 0 atom stereocenters. The number of hydrogen-bond donors (Lipinski definition) is 1. The summed E-state index contributed by atoms with van der Waals surface area (Å²) < 4.78 is 10.4. The van der Waals surface area contributed by atoms with Crippen LogP contribution in [0.15, 0.2) is 24.3 Å². The first-order valence-electron chi connectivity index (χ1n) is 6.64. The van der Waals surface area contributed by atoms with Crippen LogP contribution in [0.5, 0.6) is 5.75 Å². The van der Waals surface area contributed by atoms with Crippen LogP contribution < -0.4 is 15.0 Å². The highest BCUT2D eigenvalue weighted by Gasteiger charge is 2.15. The molecule has 1 fully saturated rings. The number of ether oxygens (including phenoxy) is 2. The Morgan fingerprint density at radius 3 is 2.79 bits per heavy atom. The summed E-state index contributed by atoms with van der Waals surface area (Å²) in [5, 5.41) is 3.31. The standard InChI is InChI=1S/C14H20N2O3/c1-2-18-14(17)11-19-13-6-4-3-5-12(13)16-9-7-15-8-10-16/h3-6,15H,2,7-11H2,1H3. The number of hydrogen-bond acceptors (Lipinski definition) is 5. The fourth-order valence-corrected chi connectivity index (χ4v) is 2.09. The van der Waals surface area contributed by atoms with Crippen LogP contribution in [0, 0.1) is 0 Å². The van der Waals surface area contributed by atoms with Gasteiger partial charge in [0.2, 0.25) is 0 Å². The molecule has 1 aromatic rings. The molecule has 1 N–H and O–H groups in total. The number of carbonyl (C=O) groups is 1. The molecule has 1 aliphatic heterocycles. The zero-order valence-electron chi connectivity index (χ0n) is 11.2. The van der Waals surface area contributed by atoms with Crippen molar-refractivity contribution in [3.05, 3.63) is 24.3 Å². The van der Waals surface area contributed by atoms with E-state index in [1.54, 1.807) is 6.92 Å². The zero-order valence-corrected chi connectivity index (χ0v) is 11.2. The highest BCUT2D eigenvalue weighted by atomic mass is 16.6. The molecule has 19 heavy (non-hydrogen) atoms. The molecule has 0 spiro atoms. The maximum absolute atomic E-state index is 11.3. The number of nitrogens with zero attached hydrogens (tertiary/aromatic N) is 1. The Kier molecular flexibility index (Phi) is 5.03. The smallest absolute Gasteiger partial charge is 0.344 e. The molecule has 104 valence electrons. The Hall–Kier alpha value is -1.75. The highest BCUT2D eigenvalue weighted by molar-refractivity contribution is 5.71. The lowest BCUT2D eigenvalue weighted by Gasteiger charge is -2.30. The summed E-state index contributed by atoms with van der Waals surface area (Å²) in [5.41, 5.74) is 1.04. The van der Waals surface area contributed by atoms with Gasteiger partial charge >= 0.3 is 5.97 Å². The molecule has 0 saturated carbocycles. The molecule has 2 rings (SSSR count). The van der Waals surface area contributed by atoms with Gasteiger partial charge in [0.15, 0.2) is 6.61 Å².